The van der Waals surface area contributed by atoms with Crippen LogP contribution >= 0.6 is 0 Å². The maximum absolute atomic E-state index is 13.2. The molecule has 3 nitrogen and oxygen atoms in total. The number of Topliss-reactive ketones (excluding diaryl/α,β-unsaturated/α-hetero) is 1. The molecule has 0 bridgehead atoms. The number of aliphatic hydroxyl groups is 2. The fourth-order valence-electron chi connectivity index (χ4n) is 8.49. The van der Waals surface area contributed by atoms with Gasteiger partial charge in [-0.3, -0.25) is 4.79 Å². The zero-order valence-electron chi connectivity index (χ0n) is 19.8. The van der Waals surface area contributed by atoms with E-state index < -0.39 is 11.8 Å². The van der Waals surface area contributed by atoms with Gasteiger partial charge in [0.1, 0.15) is 5.78 Å². The van der Waals surface area contributed by atoms with Gasteiger partial charge in [0.15, 0.2) is 5.60 Å². The highest BCUT2D eigenvalue weighted by Gasteiger charge is 2.62. The molecule has 0 aromatic carbocycles. The van der Waals surface area contributed by atoms with Crippen LogP contribution < -0.4 is 0 Å². The fraction of sp³-hybridized carbons (Fsp3) is 0.885. The molecule has 0 amide bonds. The van der Waals surface area contributed by atoms with Crippen molar-refractivity contribution in [3.63, 3.8) is 0 Å². The summed E-state index contributed by atoms with van der Waals surface area (Å²) in [7, 11) is 0. The Bertz CT molecular complexity index is 775. The Labute approximate surface area is 189 Å². The van der Waals surface area contributed by atoms with Crippen LogP contribution in [0, 0.1) is 46.3 Å². The molecule has 2 N–H and O–H groups in total. The fourth-order valence-corrected chi connectivity index (χ4v) is 8.49. The Kier molecular flexibility index (Phi) is 5.93. The van der Waals surface area contributed by atoms with E-state index in [9.17, 15) is 28.2 Å². The predicted molar refractivity (Wildman–Crippen MR) is 117 cm³/mol. The Morgan fingerprint density at radius 2 is 1.69 bits per heavy atom. The second-order valence-corrected chi connectivity index (χ2v) is 12.1. The summed E-state index contributed by atoms with van der Waals surface area (Å²) in [6.07, 6.45) is 4.38. The maximum Gasteiger partial charge on any atom is 0.420 e. The van der Waals surface area contributed by atoms with E-state index in [0.717, 1.165) is 51.5 Å². The number of aliphatic hydroxyl groups excluding tert-OH is 1. The number of allylic oxidation sites excluding steroid dienone is 1. The number of carbonyl (C=O) groups excluding carboxylic acids is 1. The highest BCUT2D eigenvalue weighted by atomic mass is 19.4. The summed E-state index contributed by atoms with van der Waals surface area (Å²) in [6, 6.07) is 0. The molecule has 6 heteroatoms. The van der Waals surface area contributed by atoms with Crippen LogP contribution in [0.1, 0.15) is 79.1 Å². The van der Waals surface area contributed by atoms with Gasteiger partial charge in [-0.05, 0) is 98.4 Å². The number of carbonyl (C=O) groups is 1. The van der Waals surface area contributed by atoms with Crippen molar-refractivity contribution in [2.24, 2.45) is 46.3 Å². The zero-order valence-corrected chi connectivity index (χ0v) is 19.8. The number of hydrogen-bond acceptors (Lipinski definition) is 3. The normalized spacial score (nSPS) is 47.5. The molecular weight excluding hydrogens is 417 g/mol. The number of fused-ring (bicyclic) bond motifs is 5. The molecule has 4 aliphatic carbocycles. The van der Waals surface area contributed by atoms with Crippen molar-refractivity contribution in [2.45, 2.75) is 96.9 Å². The molecule has 8 unspecified atom stereocenters. The van der Waals surface area contributed by atoms with Crippen LogP contribution in [0.3, 0.4) is 0 Å². The van der Waals surface area contributed by atoms with E-state index in [0.29, 0.717) is 36.4 Å². The van der Waals surface area contributed by atoms with E-state index >= 15 is 0 Å². The zero-order chi connectivity index (χ0) is 23.7. The molecule has 0 radical (unpaired) electrons. The van der Waals surface area contributed by atoms with Crippen molar-refractivity contribution in [3.05, 3.63) is 12.2 Å². The van der Waals surface area contributed by atoms with Crippen LogP contribution in [0.4, 0.5) is 13.2 Å². The lowest BCUT2D eigenvalue weighted by Crippen LogP contribution is -2.57. The van der Waals surface area contributed by atoms with Crippen LogP contribution in [0.25, 0.3) is 0 Å². The average molecular weight is 457 g/mol. The Hall–Kier alpha value is -0.880. The van der Waals surface area contributed by atoms with E-state index in [4.69, 9.17) is 0 Å². The summed E-state index contributed by atoms with van der Waals surface area (Å²) in [5, 5.41) is 20.0. The van der Waals surface area contributed by atoms with E-state index in [-0.39, 0.29) is 34.7 Å². The lowest BCUT2D eigenvalue weighted by atomic mass is 9.44. The van der Waals surface area contributed by atoms with Gasteiger partial charge in [0.05, 0.1) is 6.10 Å². The van der Waals surface area contributed by atoms with Gasteiger partial charge in [0, 0.05) is 12.3 Å². The lowest BCUT2D eigenvalue weighted by molar-refractivity contribution is -0.232. The molecule has 4 fully saturated rings. The quantitative estimate of drug-likeness (QED) is 0.537. The van der Waals surface area contributed by atoms with Crippen molar-refractivity contribution < 1.29 is 28.2 Å². The molecule has 0 aliphatic heterocycles. The summed E-state index contributed by atoms with van der Waals surface area (Å²) >= 11 is 0. The van der Waals surface area contributed by atoms with Crippen molar-refractivity contribution in [1.29, 1.82) is 0 Å². The molecular formula is C26H39F3O3. The standard InChI is InChI=1S/C26H39F3O3/c1-15(7-12-25(4,32)26(27,28)29)18-5-6-19-17-14-22(31)21-13-16(30)8-10-24(21,3)20(17)9-11-23(18,19)2/h7,12,15-21,30,32H,5-6,8-11,13-14H2,1-4H3/b12-7+/t15?,16-,17?,18?,19?,20?,21+,23?,24?,25?/m1/s1. The van der Waals surface area contributed by atoms with E-state index in [2.05, 4.69) is 13.8 Å². The van der Waals surface area contributed by atoms with Gasteiger partial charge >= 0.3 is 6.18 Å². The van der Waals surface area contributed by atoms with Gasteiger partial charge < -0.3 is 10.2 Å². The van der Waals surface area contributed by atoms with Crippen molar-refractivity contribution in [1.82, 2.24) is 0 Å². The summed E-state index contributed by atoms with van der Waals surface area (Å²) in [5.74, 6) is 1.72. The number of ketones is 1. The first-order valence-electron chi connectivity index (χ1n) is 12.4. The largest absolute Gasteiger partial charge is 0.420 e. The molecule has 0 spiro atoms. The van der Waals surface area contributed by atoms with Crippen molar-refractivity contribution in [2.75, 3.05) is 0 Å². The summed E-state index contributed by atoms with van der Waals surface area (Å²) in [4.78, 5) is 13.2. The maximum atomic E-state index is 13.2. The van der Waals surface area contributed by atoms with Crippen LogP contribution in [0.5, 0.6) is 0 Å². The molecule has 0 aromatic heterocycles. The number of hydrogen-bond donors (Lipinski definition) is 2. The summed E-state index contributed by atoms with van der Waals surface area (Å²) < 4.78 is 39.2. The molecule has 0 aromatic rings. The molecule has 10 atom stereocenters. The third-order valence-electron chi connectivity index (χ3n) is 10.4. The van der Waals surface area contributed by atoms with Gasteiger partial charge in [-0.2, -0.15) is 13.2 Å². The minimum absolute atomic E-state index is 0.00662. The molecule has 182 valence electrons. The van der Waals surface area contributed by atoms with Gasteiger partial charge in [0.25, 0.3) is 0 Å². The minimum Gasteiger partial charge on any atom is -0.393 e. The second-order valence-electron chi connectivity index (χ2n) is 12.1. The SMILES string of the molecule is CC(/C=C/C(C)(O)C(F)(F)F)C1CCC2C3CC(=O)[C@@H]4C[C@H](O)CCC4(C)C3CCC12C. The Balaban J connectivity index is 1.55. The predicted octanol–water partition coefficient (Wildman–Crippen LogP) is 5.69. The smallest absolute Gasteiger partial charge is 0.393 e. The van der Waals surface area contributed by atoms with Crippen LogP contribution in [-0.2, 0) is 4.79 Å². The molecule has 32 heavy (non-hydrogen) atoms. The van der Waals surface area contributed by atoms with E-state index in [1.54, 1.807) is 6.08 Å². The van der Waals surface area contributed by atoms with E-state index in [1.807, 2.05) is 6.92 Å². The first kappa shape index (κ1) is 24.3. The third kappa shape index (κ3) is 3.68. The number of alkyl halides is 3. The van der Waals surface area contributed by atoms with Crippen molar-refractivity contribution in [3.8, 4) is 0 Å². The first-order valence-corrected chi connectivity index (χ1v) is 12.4. The van der Waals surface area contributed by atoms with Crippen LogP contribution in [0.2, 0.25) is 0 Å². The number of halogens is 3. The molecule has 4 aliphatic rings. The first-order chi connectivity index (χ1) is 14.7. The topological polar surface area (TPSA) is 57.5 Å². The average Bonchev–Trinajstić information content (AvgIpc) is 3.04. The summed E-state index contributed by atoms with van der Waals surface area (Å²) in [5.41, 5.74) is -2.84. The molecule has 4 saturated carbocycles. The van der Waals surface area contributed by atoms with E-state index in [1.165, 1.54) is 0 Å². The van der Waals surface area contributed by atoms with Gasteiger partial charge in [-0.25, -0.2) is 0 Å². The Morgan fingerprint density at radius 1 is 1.06 bits per heavy atom. The monoisotopic (exact) mass is 456 g/mol. The minimum atomic E-state index is -4.69. The molecule has 4 rings (SSSR count). The summed E-state index contributed by atoms with van der Waals surface area (Å²) in [6.45, 7) is 7.34. The molecule has 0 heterocycles. The van der Waals surface area contributed by atoms with Crippen LogP contribution in [-0.4, -0.2) is 33.9 Å². The van der Waals surface area contributed by atoms with Crippen molar-refractivity contribution >= 4 is 5.78 Å². The second kappa shape index (κ2) is 7.83. The highest BCUT2D eigenvalue weighted by Crippen LogP contribution is 2.67. The third-order valence-corrected chi connectivity index (χ3v) is 10.4. The van der Waals surface area contributed by atoms with Gasteiger partial charge in [0.2, 0.25) is 0 Å². The Morgan fingerprint density at radius 3 is 2.34 bits per heavy atom. The molecule has 0 saturated heterocycles. The number of rotatable bonds is 3. The lowest BCUT2D eigenvalue weighted by Gasteiger charge is -2.60. The van der Waals surface area contributed by atoms with Crippen LogP contribution in [0.15, 0.2) is 12.2 Å². The highest BCUT2D eigenvalue weighted by molar-refractivity contribution is 5.83. The van der Waals surface area contributed by atoms with Gasteiger partial charge in [-0.1, -0.05) is 26.8 Å². The van der Waals surface area contributed by atoms with Gasteiger partial charge in [-0.15, -0.1) is 0 Å².